The van der Waals surface area contributed by atoms with E-state index in [4.69, 9.17) is 15.2 Å². The monoisotopic (exact) mass is 347 g/mol. The van der Waals surface area contributed by atoms with Gasteiger partial charge in [0.15, 0.2) is 11.5 Å². The van der Waals surface area contributed by atoms with Crippen LogP contribution in [0.15, 0.2) is 35.9 Å². The van der Waals surface area contributed by atoms with Gasteiger partial charge in [-0.1, -0.05) is 31.2 Å². The fourth-order valence-corrected chi connectivity index (χ4v) is 3.15. The Kier molecular flexibility index (Phi) is 5.06. The van der Waals surface area contributed by atoms with Crippen LogP contribution in [-0.2, 0) is 16.0 Å². The van der Waals surface area contributed by atoms with E-state index in [1.54, 1.807) is 19.1 Å². The highest BCUT2D eigenvalue weighted by Crippen LogP contribution is 2.44. The highest BCUT2D eigenvalue weighted by Gasteiger charge is 2.46. The number of methoxy groups -OCH3 is 2. The van der Waals surface area contributed by atoms with E-state index >= 15 is 0 Å². The van der Waals surface area contributed by atoms with Gasteiger partial charge in [0.1, 0.15) is 0 Å². The maximum absolute atomic E-state index is 12.1. The fraction of sp³-hybridized carbons (Fsp3) is 0.333. The quantitative estimate of drug-likeness (QED) is 0.674. The highest BCUT2D eigenvalue weighted by atomic mass is 16.5. The molecule has 2 atom stereocenters. The van der Waals surface area contributed by atoms with Crippen molar-refractivity contribution in [3.8, 4) is 11.5 Å². The summed E-state index contributed by atoms with van der Waals surface area (Å²) in [5.41, 5.74) is 5.58. The van der Waals surface area contributed by atoms with Crippen LogP contribution < -0.4 is 15.2 Å². The molecule has 1 aromatic rings. The molecule has 1 aliphatic rings. The third-order valence-electron chi connectivity index (χ3n) is 4.71. The number of ether oxygens (including phenoxy) is 2. The first-order chi connectivity index (χ1) is 11.8. The first-order valence-corrected chi connectivity index (χ1v) is 7.64. The van der Waals surface area contributed by atoms with Crippen LogP contribution in [0.2, 0.25) is 0 Å². The van der Waals surface area contributed by atoms with Crippen LogP contribution in [0.1, 0.15) is 12.5 Å². The summed E-state index contributed by atoms with van der Waals surface area (Å²) in [6.45, 7) is 1.59. The SMILES string of the molecule is COc1ccc(CC2(C(=O)O)C=CC=C(C(=O)O)C2C)c(N)c1OC. The molecule has 4 N–H and O–H groups in total. The zero-order valence-corrected chi connectivity index (χ0v) is 14.3. The molecule has 1 aliphatic carbocycles. The van der Waals surface area contributed by atoms with E-state index in [-0.39, 0.29) is 17.7 Å². The summed E-state index contributed by atoms with van der Waals surface area (Å²) in [5, 5.41) is 19.2. The fourth-order valence-electron chi connectivity index (χ4n) is 3.15. The minimum absolute atomic E-state index is 0.0246. The lowest BCUT2D eigenvalue weighted by atomic mass is 9.66. The van der Waals surface area contributed by atoms with Gasteiger partial charge in [-0.15, -0.1) is 0 Å². The van der Waals surface area contributed by atoms with Crippen molar-refractivity contribution in [1.82, 2.24) is 0 Å². The Balaban J connectivity index is 2.52. The molecule has 0 spiro atoms. The van der Waals surface area contributed by atoms with E-state index in [9.17, 15) is 19.8 Å². The number of nitrogens with two attached hydrogens (primary N) is 1. The Morgan fingerprint density at radius 3 is 2.44 bits per heavy atom. The summed E-state index contributed by atoms with van der Waals surface area (Å²) < 4.78 is 10.4. The number of hydrogen-bond acceptors (Lipinski definition) is 5. The lowest BCUT2D eigenvalue weighted by Gasteiger charge is -2.35. The molecule has 0 bridgehead atoms. The molecule has 134 valence electrons. The van der Waals surface area contributed by atoms with Crippen molar-refractivity contribution in [3.05, 3.63) is 41.5 Å². The topological polar surface area (TPSA) is 119 Å². The van der Waals surface area contributed by atoms with E-state index in [0.29, 0.717) is 17.1 Å². The predicted molar refractivity (Wildman–Crippen MR) is 91.8 cm³/mol. The van der Waals surface area contributed by atoms with Crippen molar-refractivity contribution >= 4 is 17.6 Å². The molecule has 0 saturated carbocycles. The number of carboxylic acids is 2. The van der Waals surface area contributed by atoms with Gasteiger partial charge < -0.3 is 25.4 Å². The second kappa shape index (κ2) is 6.88. The number of hydrogen-bond donors (Lipinski definition) is 3. The lowest BCUT2D eigenvalue weighted by molar-refractivity contribution is -0.148. The number of benzene rings is 1. The summed E-state index contributed by atoms with van der Waals surface area (Å²) in [5.74, 6) is -2.23. The maximum Gasteiger partial charge on any atom is 0.331 e. The molecular formula is C18H21NO6. The molecule has 0 saturated heterocycles. The van der Waals surface area contributed by atoms with E-state index in [0.717, 1.165) is 0 Å². The molecule has 2 rings (SSSR count). The van der Waals surface area contributed by atoms with Crippen LogP contribution in [0, 0.1) is 11.3 Å². The highest BCUT2D eigenvalue weighted by molar-refractivity contribution is 5.91. The molecular weight excluding hydrogens is 326 g/mol. The number of carboxylic acid groups (broad SMARTS) is 2. The predicted octanol–water partition coefficient (Wildman–Crippen LogP) is 2.12. The number of carbonyl (C=O) groups is 2. The Labute approximate surface area is 145 Å². The van der Waals surface area contributed by atoms with Gasteiger partial charge in [-0.3, -0.25) is 4.79 Å². The smallest absolute Gasteiger partial charge is 0.331 e. The molecule has 7 heteroatoms. The van der Waals surface area contributed by atoms with E-state index in [1.807, 2.05) is 0 Å². The number of aliphatic carboxylic acids is 2. The Bertz CT molecular complexity index is 767. The van der Waals surface area contributed by atoms with Gasteiger partial charge in [0.25, 0.3) is 0 Å². The first-order valence-electron chi connectivity index (χ1n) is 7.64. The van der Waals surface area contributed by atoms with Gasteiger partial charge in [-0.2, -0.15) is 0 Å². The largest absolute Gasteiger partial charge is 0.493 e. The third kappa shape index (κ3) is 3.05. The average molecular weight is 347 g/mol. The Hall–Kier alpha value is -2.96. The zero-order chi connectivity index (χ0) is 18.8. The van der Waals surface area contributed by atoms with Gasteiger partial charge >= 0.3 is 11.9 Å². The molecule has 0 radical (unpaired) electrons. The second-order valence-electron chi connectivity index (χ2n) is 5.90. The Morgan fingerprint density at radius 2 is 1.92 bits per heavy atom. The van der Waals surface area contributed by atoms with Crippen molar-refractivity contribution in [1.29, 1.82) is 0 Å². The minimum atomic E-state index is -1.42. The van der Waals surface area contributed by atoms with Gasteiger partial charge in [0, 0.05) is 11.5 Å². The summed E-state index contributed by atoms with van der Waals surface area (Å²) in [6, 6.07) is 3.31. The number of nitrogen functional groups attached to an aromatic ring is 1. The molecule has 0 amide bonds. The van der Waals surface area contributed by atoms with Crippen molar-refractivity contribution in [2.24, 2.45) is 11.3 Å². The van der Waals surface area contributed by atoms with E-state index < -0.39 is 23.3 Å². The van der Waals surface area contributed by atoms with Crippen molar-refractivity contribution < 1.29 is 29.3 Å². The van der Waals surface area contributed by atoms with Crippen LogP contribution in [-0.4, -0.2) is 36.4 Å². The van der Waals surface area contributed by atoms with Gasteiger partial charge in [0.05, 0.1) is 25.3 Å². The van der Waals surface area contributed by atoms with Crippen molar-refractivity contribution in [2.75, 3.05) is 20.0 Å². The molecule has 7 nitrogen and oxygen atoms in total. The van der Waals surface area contributed by atoms with Crippen LogP contribution in [0.4, 0.5) is 5.69 Å². The molecule has 25 heavy (non-hydrogen) atoms. The molecule has 0 heterocycles. The van der Waals surface area contributed by atoms with E-state index in [1.165, 1.54) is 32.4 Å². The standard InChI is InChI=1S/C18H21NO6/c1-10-12(16(20)21)5-4-8-18(10,17(22)23)9-11-6-7-13(24-2)15(25-3)14(11)19/h4-8,10H,9,19H2,1-3H3,(H,20,21)(H,22,23). The summed E-state index contributed by atoms with van der Waals surface area (Å²) >= 11 is 0. The van der Waals surface area contributed by atoms with Gasteiger partial charge in [-0.25, -0.2) is 4.79 Å². The van der Waals surface area contributed by atoms with Crippen molar-refractivity contribution in [2.45, 2.75) is 13.3 Å². The number of rotatable bonds is 6. The lowest BCUT2D eigenvalue weighted by Crippen LogP contribution is -2.41. The maximum atomic E-state index is 12.1. The van der Waals surface area contributed by atoms with Crippen molar-refractivity contribution in [3.63, 3.8) is 0 Å². The van der Waals surface area contributed by atoms with Crippen LogP contribution >= 0.6 is 0 Å². The van der Waals surface area contributed by atoms with Gasteiger partial charge in [-0.05, 0) is 18.1 Å². The third-order valence-corrected chi connectivity index (χ3v) is 4.71. The summed E-state index contributed by atoms with van der Waals surface area (Å²) in [6.07, 6.45) is 4.43. The second-order valence-corrected chi connectivity index (χ2v) is 5.90. The van der Waals surface area contributed by atoms with Crippen LogP contribution in [0.3, 0.4) is 0 Å². The van der Waals surface area contributed by atoms with Crippen LogP contribution in [0.25, 0.3) is 0 Å². The van der Waals surface area contributed by atoms with Crippen LogP contribution in [0.5, 0.6) is 11.5 Å². The van der Waals surface area contributed by atoms with E-state index in [2.05, 4.69) is 0 Å². The molecule has 2 unspecified atom stereocenters. The first kappa shape index (κ1) is 18.4. The molecule has 0 fully saturated rings. The Morgan fingerprint density at radius 1 is 1.24 bits per heavy atom. The number of anilines is 1. The van der Waals surface area contributed by atoms with Gasteiger partial charge in [0.2, 0.25) is 0 Å². The summed E-state index contributed by atoms with van der Waals surface area (Å²) in [7, 11) is 2.92. The average Bonchev–Trinajstić information content (AvgIpc) is 2.57. The molecule has 0 aromatic heterocycles. The number of allylic oxidation sites excluding steroid dienone is 2. The normalized spacial score (nSPS) is 22.2. The molecule has 0 aliphatic heterocycles. The zero-order valence-electron chi connectivity index (χ0n) is 14.3. The molecule has 1 aromatic carbocycles. The minimum Gasteiger partial charge on any atom is -0.493 e. The summed E-state index contributed by atoms with van der Waals surface area (Å²) in [4.78, 5) is 23.5.